The molecule has 1 saturated heterocycles. The Morgan fingerprint density at radius 1 is 1.50 bits per heavy atom. The normalized spacial score (nSPS) is 26.8. The molecule has 1 saturated carbocycles. The Hall–Kier alpha value is -0.900. The second-order valence-corrected chi connectivity index (χ2v) is 5.01. The van der Waals surface area contributed by atoms with Gasteiger partial charge in [0, 0.05) is 44.4 Å². The van der Waals surface area contributed by atoms with Crippen LogP contribution in [0.5, 0.6) is 0 Å². The monoisotopic (exact) mass is 224 g/mol. The third-order valence-electron chi connectivity index (χ3n) is 3.35. The molecule has 1 heterocycles. The van der Waals surface area contributed by atoms with Crippen LogP contribution in [0.3, 0.4) is 0 Å². The fourth-order valence-electron chi connectivity index (χ4n) is 2.09. The summed E-state index contributed by atoms with van der Waals surface area (Å²) in [5.41, 5.74) is 0. The van der Waals surface area contributed by atoms with Crippen LogP contribution in [-0.2, 0) is 9.59 Å². The van der Waals surface area contributed by atoms with Gasteiger partial charge < -0.3 is 10.2 Å². The smallest absolute Gasteiger partial charge is 0.221 e. The SMILES string of the molecule is CC1CN(CCC(=O)NC2CC2)CCC1=O. The lowest BCUT2D eigenvalue weighted by atomic mass is 9.98. The number of hydrogen-bond donors (Lipinski definition) is 1. The van der Waals surface area contributed by atoms with Crippen molar-refractivity contribution in [3.05, 3.63) is 0 Å². The topological polar surface area (TPSA) is 49.4 Å². The first kappa shape index (κ1) is 11.6. The minimum atomic E-state index is 0.139. The number of amides is 1. The van der Waals surface area contributed by atoms with Crippen LogP contribution in [0.2, 0.25) is 0 Å². The maximum atomic E-state index is 11.5. The first-order valence-electron chi connectivity index (χ1n) is 6.19. The summed E-state index contributed by atoms with van der Waals surface area (Å²) in [6.07, 6.45) is 3.49. The summed E-state index contributed by atoms with van der Waals surface area (Å²) in [6.45, 7) is 4.39. The van der Waals surface area contributed by atoms with Gasteiger partial charge in [-0.3, -0.25) is 9.59 Å². The van der Waals surface area contributed by atoms with Crippen LogP contribution in [-0.4, -0.2) is 42.3 Å². The second-order valence-electron chi connectivity index (χ2n) is 5.01. The van der Waals surface area contributed by atoms with Gasteiger partial charge in [0.25, 0.3) is 0 Å². The molecule has 1 unspecified atom stereocenters. The molecule has 2 fully saturated rings. The number of ketones is 1. The van der Waals surface area contributed by atoms with Gasteiger partial charge in [0.2, 0.25) is 5.91 Å². The third-order valence-corrected chi connectivity index (χ3v) is 3.35. The number of nitrogens with zero attached hydrogens (tertiary/aromatic N) is 1. The highest BCUT2D eigenvalue weighted by atomic mass is 16.1. The number of carbonyl (C=O) groups excluding carboxylic acids is 2. The van der Waals surface area contributed by atoms with E-state index >= 15 is 0 Å². The van der Waals surface area contributed by atoms with E-state index in [9.17, 15) is 9.59 Å². The molecule has 0 spiro atoms. The van der Waals surface area contributed by atoms with Crippen molar-refractivity contribution >= 4 is 11.7 Å². The molecular weight excluding hydrogens is 204 g/mol. The molecule has 0 aromatic heterocycles. The zero-order valence-corrected chi connectivity index (χ0v) is 9.87. The summed E-state index contributed by atoms with van der Waals surface area (Å²) in [4.78, 5) is 25.0. The van der Waals surface area contributed by atoms with Gasteiger partial charge in [-0.1, -0.05) is 6.92 Å². The Morgan fingerprint density at radius 3 is 2.88 bits per heavy atom. The maximum absolute atomic E-state index is 11.5. The highest BCUT2D eigenvalue weighted by molar-refractivity contribution is 5.81. The van der Waals surface area contributed by atoms with Crippen molar-refractivity contribution in [2.24, 2.45) is 5.92 Å². The van der Waals surface area contributed by atoms with Crippen LogP contribution in [0, 0.1) is 5.92 Å². The van der Waals surface area contributed by atoms with Gasteiger partial charge in [-0.05, 0) is 12.8 Å². The predicted molar refractivity (Wildman–Crippen MR) is 61.0 cm³/mol. The molecule has 90 valence electrons. The first-order valence-corrected chi connectivity index (χ1v) is 6.19. The van der Waals surface area contributed by atoms with E-state index in [2.05, 4.69) is 10.2 Å². The Bertz CT molecular complexity index is 287. The van der Waals surface area contributed by atoms with E-state index in [1.165, 1.54) is 0 Å². The minimum absolute atomic E-state index is 0.139. The van der Waals surface area contributed by atoms with E-state index in [0.29, 0.717) is 24.7 Å². The van der Waals surface area contributed by atoms with Crippen LogP contribution >= 0.6 is 0 Å². The van der Waals surface area contributed by atoms with E-state index in [4.69, 9.17) is 0 Å². The van der Waals surface area contributed by atoms with E-state index in [-0.39, 0.29) is 11.8 Å². The lowest BCUT2D eigenvalue weighted by Gasteiger charge is -2.29. The number of piperidine rings is 1. The Morgan fingerprint density at radius 2 is 2.25 bits per heavy atom. The summed E-state index contributed by atoms with van der Waals surface area (Å²) >= 11 is 0. The van der Waals surface area contributed by atoms with Crippen LogP contribution in [0.15, 0.2) is 0 Å². The number of carbonyl (C=O) groups is 2. The largest absolute Gasteiger partial charge is 0.353 e. The Balaban J connectivity index is 1.65. The molecule has 2 aliphatic rings. The van der Waals surface area contributed by atoms with Gasteiger partial charge in [0.1, 0.15) is 5.78 Å². The van der Waals surface area contributed by atoms with E-state index in [0.717, 1.165) is 32.5 Å². The number of rotatable bonds is 4. The van der Waals surface area contributed by atoms with Crippen LogP contribution in [0.4, 0.5) is 0 Å². The second kappa shape index (κ2) is 4.95. The van der Waals surface area contributed by atoms with Crippen molar-refractivity contribution in [1.29, 1.82) is 0 Å². The molecule has 0 aromatic rings. The van der Waals surface area contributed by atoms with Crippen LogP contribution in [0.1, 0.15) is 32.6 Å². The zero-order chi connectivity index (χ0) is 11.5. The predicted octanol–water partition coefficient (Wildman–Crippen LogP) is 0.566. The molecule has 0 bridgehead atoms. The molecule has 0 radical (unpaired) electrons. The summed E-state index contributed by atoms with van der Waals surface area (Å²) in [5.74, 6) is 0.658. The number of nitrogens with one attached hydrogen (secondary N) is 1. The Labute approximate surface area is 96.4 Å². The van der Waals surface area contributed by atoms with Gasteiger partial charge in [0.15, 0.2) is 0 Å². The van der Waals surface area contributed by atoms with Gasteiger partial charge in [-0.15, -0.1) is 0 Å². The molecule has 4 nitrogen and oxygen atoms in total. The summed E-state index contributed by atoms with van der Waals surface area (Å²) in [5, 5.41) is 2.98. The average molecular weight is 224 g/mol. The van der Waals surface area contributed by atoms with Crippen LogP contribution < -0.4 is 5.32 Å². The van der Waals surface area contributed by atoms with Gasteiger partial charge in [0.05, 0.1) is 0 Å². The van der Waals surface area contributed by atoms with Crippen molar-refractivity contribution in [1.82, 2.24) is 10.2 Å². The first-order chi connectivity index (χ1) is 7.65. The van der Waals surface area contributed by atoms with Gasteiger partial charge in [-0.2, -0.15) is 0 Å². The number of likely N-dealkylation sites (tertiary alicyclic amines) is 1. The lowest BCUT2D eigenvalue weighted by molar-refractivity contribution is -0.125. The molecule has 1 aliphatic carbocycles. The highest BCUT2D eigenvalue weighted by Gasteiger charge is 2.25. The van der Waals surface area contributed by atoms with E-state index in [1.807, 2.05) is 6.92 Å². The van der Waals surface area contributed by atoms with E-state index < -0.39 is 0 Å². The zero-order valence-electron chi connectivity index (χ0n) is 9.87. The summed E-state index contributed by atoms with van der Waals surface area (Å²) in [6, 6.07) is 0.453. The fraction of sp³-hybridized carbons (Fsp3) is 0.833. The quantitative estimate of drug-likeness (QED) is 0.759. The van der Waals surface area contributed by atoms with Crippen LogP contribution in [0.25, 0.3) is 0 Å². The van der Waals surface area contributed by atoms with Crippen molar-refractivity contribution in [3.8, 4) is 0 Å². The average Bonchev–Trinajstić information content (AvgIpc) is 3.04. The summed E-state index contributed by atoms with van der Waals surface area (Å²) in [7, 11) is 0. The molecule has 1 aliphatic heterocycles. The molecule has 1 amide bonds. The van der Waals surface area contributed by atoms with Gasteiger partial charge in [-0.25, -0.2) is 0 Å². The molecule has 4 heteroatoms. The molecule has 2 rings (SSSR count). The van der Waals surface area contributed by atoms with E-state index in [1.54, 1.807) is 0 Å². The number of hydrogen-bond acceptors (Lipinski definition) is 3. The fourth-order valence-corrected chi connectivity index (χ4v) is 2.09. The summed E-state index contributed by atoms with van der Waals surface area (Å²) < 4.78 is 0. The van der Waals surface area contributed by atoms with Crippen molar-refractivity contribution in [2.45, 2.75) is 38.6 Å². The number of Topliss-reactive ketones (excluding diaryl/α,β-unsaturated/α-hetero) is 1. The Kier molecular flexibility index (Phi) is 3.59. The van der Waals surface area contributed by atoms with Crippen molar-refractivity contribution in [2.75, 3.05) is 19.6 Å². The minimum Gasteiger partial charge on any atom is -0.353 e. The lowest BCUT2D eigenvalue weighted by Crippen LogP contribution is -2.41. The maximum Gasteiger partial charge on any atom is 0.221 e. The molecular formula is C12H20N2O2. The molecule has 1 N–H and O–H groups in total. The molecule has 1 atom stereocenters. The molecule has 16 heavy (non-hydrogen) atoms. The standard InChI is InChI=1S/C12H20N2O2/c1-9-8-14(6-4-11(9)15)7-5-12(16)13-10-2-3-10/h9-10H,2-8H2,1H3,(H,13,16). The third kappa shape index (κ3) is 3.30. The molecule has 0 aromatic carbocycles. The van der Waals surface area contributed by atoms with Crippen molar-refractivity contribution < 1.29 is 9.59 Å². The van der Waals surface area contributed by atoms with Gasteiger partial charge >= 0.3 is 0 Å². The van der Waals surface area contributed by atoms with Crippen molar-refractivity contribution in [3.63, 3.8) is 0 Å². The highest BCUT2D eigenvalue weighted by Crippen LogP contribution is 2.18.